The van der Waals surface area contributed by atoms with Crippen molar-refractivity contribution in [2.75, 3.05) is 13.7 Å². The highest BCUT2D eigenvalue weighted by Crippen LogP contribution is 2.40. The minimum Gasteiger partial charge on any atom is -0.492 e. The molecule has 0 radical (unpaired) electrons. The number of benzene rings is 2. The van der Waals surface area contributed by atoms with Gasteiger partial charge in [-0.15, -0.1) is 0 Å². The maximum atomic E-state index is 14.1. The van der Waals surface area contributed by atoms with Crippen LogP contribution in [0.25, 0.3) is 0 Å². The lowest BCUT2D eigenvalue weighted by molar-refractivity contribution is 0.291. The molecular formula is C18H20FNO. The predicted octanol–water partition coefficient (Wildman–Crippen LogP) is 3.80. The van der Waals surface area contributed by atoms with Crippen LogP contribution in [0.2, 0.25) is 0 Å². The quantitative estimate of drug-likeness (QED) is 0.926. The van der Waals surface area contributed by atoms with Crippen LogP contribution in [0.15, 0.2) is 42.5 Å². The molecule has 1 aliphatic rings. The highest BCUT2D eigenvalue weighted by molar-refractivity contribution is 5.47. The summed E-state index contributed by atoms with van der Waals surface area (Å²) in [6.07, 6.45) is 0. The van der Waals surface area contributed by atoms with Crippen LogP contribution >= 0.6 is 0 Å². The van der Waals surface area contributed by atoms with Crippen LogP contribution in [0.5, 0.6) is 5.75 Å². The minimum atomic E-state index is -0.187. The average molecular weight is 285 g/mol. The summed E-state index contributed by atoms with van der Waals surface area (Å²) in [4.78, 5) is 0. The van der Waals surface area contributed by atoms with Gasteiger partial charge >= 0.3 is 0 Å². The molecule has 21 heavy (non-hydrogen) atoms. The van der Waals surface area contributed by atoms with E-state index in [1.165, 1.54) is 11.6 Å². The Morgan fingerprint density at radius 1 is 1.19 bits per heavy atom. The van der Waals surface area contributed by atoms with Crippen molar-refractivity contribution in [3.8, 4) is 5.75 Å². The van der Waals surface area contributed by atoms with E-state index in [0.29, 0.717) is 12.2 Å². The van der Waals surface area contributed by atoms with E-state index in [1.807, 2.05) is 31.3 Å². The lowest BCUT2D eigenvalue weighted by Crippen LogP contribution is -2.21. The van der Waals surface area contributed by atoms with E-state index in [2.05, 4.69) is 25.2 Å². The second-order valence-electron chi connectivity index (χ2n) is 6.17. The SMILES string of the molecule is CNC(c1ccc2c(c1)C(C)(C)CO2)c1ccccc1F. The second-order valence-corrected chi connectivity index (χ2v) is 6.17. The van der Waals surface area contributed by atoms with Crippen molar-refractivity contribution < 1.29 is 9.13 Å². The van der Waals surface area contributed by atoms with Gasteiger partial charge in [0.25, 0.3) is 0 Å². The van der Waals surface area contributed by atoms with Crippen molar-refractivity contribution in [1.82, 2.24) is 5.32 Å². The van der Waals surface area contributed by atoms with Crippen molar-refractivity contribution in [3.63, 3.8) is 0 Å². The first-order chi connectivity index (χ1) is 10.0. The van der Waals surface area contributed by atoms with Gasteiger partial charge in [0.1, 0.15) is 11.6 Å². The first kappa shape index (κ1) is 14.1. The molecule has 0 aliphatic carbocycles. The van der Waals surface area contributed by atoms with Crippen LogP contribution < -0.4 is 10.1 Å². The molecule has 3 rings (SSSR count). The lowest BCUT2D eigenvalue weighted by Gasteiger charge is -2.21. The van der Waals surface area contributed by atoms with Crippen LogP contribution in [0.4, 0.5) is 4.39 Å². The highest BCUT2D eigenvalue weighted by Gasteiger charge is 2.32. The van der Waals surface area contributed by atoms with Crippen LogP contribution in [-0.4, -0.2) is 13.7 Å². The molecule has 3 heteroatoms. The third-order valence-corrected chi connectivity index (χ3v) is 4.16. The molecule has 0 saturated carbocycles. The Balaban J connectivity index is 2.06. The number of hydrogen-bond acceptors (Lipinski definition) is 2. The van der Waals surface area contributed by atoms with Gasteiger partial charge in [-0.2, -0.15) is 0 Å². The van der Waals surface area contributed by atoms with Crippen molar-refractivity contribution in [2.45, 2.75) is 25.3 Å². The van der Waals surface area contributed by atoms with Gasteiger partial charge in [0, 0.05) is 16.5 Å². The highest BCUT2D eigenvalue weighted by atomic mass is 19.1. The van der Waals surface area contributed by atoms with E-state index in [1.54, 1.807) is 6.07 Å². The molecular weight excluding hydrogens is 265 g/mol. The maximum absolute atomic E-state index is 14.1. The summed E-state index contributed by atoms with van der Waals surface area (Å²) in [5, 5.41) is 3.21. The molecule has 2 aromatic rings. The summed E-state index contributed by atoms with van der Waals surface area (Å²) in [6, 6.07) is 12.9. The Kier molecular flexibility index (Phi) is 3.46. The normalized spacial score (nSPS) is 17.1. The maximum Gasteiger partial charge on any atom is 0.128 e. The molecule has 0 saturated heterocycles. The minimum absolute atomic E-state index is 0.00112. The van der Waals surface area contributed by atoms with E-state index >= 15 is 0 Å². The van der Waals surface area contributed by atoms with Gasteiger partial charge in [0.05, 0.1) is 12.6 Å². The van der Waals surface area contributed by atoms with Crippen molar-refractivity contribution >= 4 is 0 Å². The van der Waals surface area contributed by atoms with Gasteiger partial charge < -0.3 is 10.1 Å². The third kappa shape index (κ3) is 2.42. The van der Waals surface area contributed by atoms with Crippen molar-refractivity contribution in [1.29, 1.82) is 0 Å². The van der Waals surface area contributed by atoms with E-state index < -0.39 is 0 Å². The van der Waals surface area contributed by atoms with Crippen LogP contribution in [-0.2, 0) is 5.41 Å². The molecule has 0 amide bonds. The van der Waals surface area contributed by atoms with Gasteiger partial charge in [-0.3, -0.25) is 0 Å². The summed E-state index contributed by atoms with van der Waals surface area (Å²) in [6.45, 7) is 5.02. The fourth-order valence-corrected chi connectivity index (χ4v) is 2.93. The van der Waals surface area contributed by atoms with E-state index in [4.69, 9.17) is 4.74 Å². The Labute approximate surface area is 125 Å². The molecule has 0 fully saturated rings. The Morgan fingerprint density at radius 2 is 1.95 bits per heavy atom. The molecule has 1 heterocycles. The summed E-state index contributed by atoms with van der Waals surface area (Å²) in [5.41, 5.74) is 2.91. The summed E-state index contributed by atoms with van der Waals surface area (Å²) in [5.74, 6) is 0.750. The number of halogens is 1. The van der Waals surface area contributed by atoms with Gasteiger partial charge in [-0.05, 0) is 30.8 Å². The number of fused-ring (bicyclic) bond motifs is 1. The second kappa shape index (κ2) is 5.15. The molecule has 0 bridgehead atoms. The summed E-state index contributed by atoms with van der Waals surface area (Å²) in [7, 11) is 1.85. The zero-order chi connectivity index (χ0) is 15.0. The Morgan fingerprint density at radius 3 is 2.67 bits per heavy atom. The van der Waals surface area contributed by atoms with Crippen LogP contribution in [0.3, 0.4) is 0 Å². The first-order valence-electron chi connectivity index (χ1n) is 7.22. The standard InChI is InChI=1S/C18H20FNO/c1-18(2)11-21-16-9-8-12(10-14(16)18)17(20-3)13-6-4-5-7-15(13)19/h4-10,17,20H,11H2,1-3H3. The average Bonchev–Trinajstić information content (AvgIpc) is 2.77. The van der Waals surface area contributed by atoms with Gasteiger partial charge in [-0.25, -0.2) is 4.39 Å². The van der Waals surface area contributed by atoms with Gasteiger partial charge in [0.15, 0.2) is 0 Å². The van der Waals surface area contributed by atoms with E-state index in [0.717, 1.165) is 11.3 Å². The van der Waals surface area contributed by atoms with Gasteiger partial charge in [-0.1, -0.05) is 38.1 Å². The van der Waals surface area contributed by atoms with Crippen molar-refractivity contribution in [3.05, 3.63) is 65.0 Å². The topological polar surface area (TPSA) is 21.3 Å². The van der Waals surface area contributed by atoms with Gasteiger partial charge in [0.2, 0.25) is 0 Å². The van der Waals surface area contributed by atoms with Crippen molar-refractivity contribution in [2.24, 2.45) is 0 Å². The van der Waals surface area contributed by atoms with E-state index in [-0.39, 0.29) is 17.3 Å². The molecule has 1 atom stereocenters. The predicted molar refractivity (Wildman–Crippen MR) is 82.3 cm³/mol. The molecule has 1 aliphatic heterocycles. The lowest BCUT2D eigenvalue weighted by atomic mass is 9.84. The number of nitrogens with one attached hydrogen (secondary N) is 1. The largest absolute Gasteiger partial charge is 0.492 e. The molecule has 110 valence electrons. The summed E-state index contributed by atoms with van der Waals surface area (Å²) < 4.78 is 19.8. The molecule has 0 aromatic heterocycles. The Hall–Kier alpha value is -1.87. The number of rotatable bonds is 3. The molecule has 1 unspecified atom stereocenters. The van der Waals surface area contributed by atoms with Crippen LogP contribution in [0, 0.1) is 5.82 Å². The fraction of sp³-hybridized carbons (Fsp3) is 0.333. The first-order valence-corrected chi connectivity index (χ1v) is 7.22. The Bertz CT molecular complexity index is 666. The molecule has 1 N–H and O–H groups in total. The smallest absolute Gasteiger partial charge is 0.128 e. The monoisotopic (exact) mass is 285 g/mol. The zero-order valence-corrected chi connectivity index (χ0v) is 12.6. The van der Waals surface area contributed by atoms with Crippen LogP contribution in [0.1, 0.15) is 36.6 Å². The number of ether oxygens (including phenoxy) is 1. The zero-order valence-electron chi connectivity index (χ0n) is 12.6. The fourth-order valence-electron chi connectivity index (χ4n) is 2.93. The molecule has 2 nitrogen and oxygen atoms in total. The third-order valence-electron chi connectivity index (χ3n) is 4.16. The summed E-state index contributed by atoms with van der Waals surface area (Å²) >= 11 is 0. The molecule has 0 spiro atoms. The number of hydrogen-bond donors (Lipinski definition) is 1. The molecule has 2 aromatic carbocycles. The van der Waals surface area contributed by atoms with E-state index in [9.17, 15) is 4.39 Å².